The number of benzene rings is 4. The maximum absolute atomic E-state index is 5.30. The standard InChI is InChI=1S/C39H25Br4N5/c40-21-2-7-33-25(11-21)29(16-45-33)38(30-17-46-34-8-3-22(41)12-26(30)34)20-1-6-37(44-15-20)39(31-18-47-35-9-4-23(42)13-27(31)35)32-19-48-36-10-5-24(43)14-28(32)36/h1-19,38-39,45-48H. The van der Waals surface area contributed by atoms with Crippen molar-refractivity contribution >= 4 is 107 Å². The topological polar surface area (TPSA) is 76.0 Å². The van der Waals surface area contributed by atoms with Crippen LogP contribution in [0.5, 0.6) is 0 Å². The Morgan fingerprint density at radius 1 is 0.417 bits per heavy atom. The number of hydrogen-bond acceptors (Lipinski definition) is 1. The lowest BCUT2D eigenvalue weighted by atomic mass is 9.84. The summed E-state index contributed by atoms with van der Waals surface area (Å²) in [5.74, 6) is -0.180. The van der Waals surface area contributed by atoms with Crippen LogP contribution in [0.4, 0.5) is 0 Å². The van der Waals surface area contributed by atoms with Gasteiger partial charge in [-0.15, -0.1) is 0 Å². The third-order valence-corrected chi connectivity index (χ3v) is 11.4. The highest BCUT2D eigenvalue weighted by Gasteiger charge is 2.27. The van der Waals surface area contributed by atoms with Crippen LogP contribution in [0.1, 0.15) is 45.3 Å². The molecule has 48 heavy (non-hydrogen) atoms. The highest BCUT2D eigenvalue weighted by Crippen LogP contribution is 2.43. The molecule has 9 aromatic rings. The number of nitrogens with zero attached hydrogens (tertiary/aromatic N) is 1. The highest BCUT2D eigenvalue weighted by molar-refractivity contribution is 9.11. The van der Waals surface area contributed by atoms with Gasteiger partial charge in [0, 0.05) is 98.4 Å². The number of pyridine rings is 1. The van der Waals surface area contributed by atoms with E-state index in [1.54, 1.807) is 0 Å². The summed E-state index contributed by atoms with van der Waals surface area (Å²) < 4.78 is 4.17. The molecule has 0 bridgehead atoms. The van der Waals surface area contributed by atoms with Crippen LogP contribution in [-0.4, -0.2) is 24.9 Å². The summed E-state index contributed by atoms with van der Waals surface area (Å²) in [4.78, 5) is 19.4. The molecule has 0 amide bonds. The average molecular weight is 883 g/mol. The van der Waals surface area contributed by atoms with Crippen LogP contribution < -0.4 is 0 Å². The van der Waals surface area contributed by atoms with E-state index in [1.807, 2.05) is 0 Å². The number of fused-ring (bicyclic) bond motifs is 4. The van der Waals surface area contributed by atoms with Crippen molar-refractivity contribution < 1.29 is 0 Å². The Labute approximate surface area is 309 Å². The van der Waals surface area contributed by atoms with E-state index in [-0.39, 0.29) is 11.8 Å². The number of hydrogen-bond donors (Lipinski definition) is 4. The summed E-state index contributed by atoms with van der Waals surface area (Å²) in [6.07, 6.45) is 10.6. The van der Waals surface area contributed by atoms with Crippen LogP contribution in [0.3, 0.4) is 0 Å². The Hall–Kier alpha value is -3.89. The molecule has 0 aliphatic carbocycles. The summed E-state index contributed by atoms with van der Waals surface area (Å²) in [7, 11) is 0. The second kappa shape index (κ2) is 11.9. The summed E-state index contributed by atoms with van der Waals surface area (Å²) in [6.45, 7) is 0. The van der Waals surface area contributed by atoms with Gasteiger partial charge >= 0.3 is 0 Å². The minimum atomic E-state index is -0.114. The Morgan fingerprint density at radius 2 is 0.771 bits per heavy atom. The molecule has 0 saturated heterocycles. The smallest absolute Gasteiger partial charge is 0.0555 e. The van der Waals surface area contributed by atoms with Crippen molar-refractivity contribution in [1.82, 2.24) is 24.9 Å². The Bertz CT molecular complexity index is 2300. The molecule has 0 atom stereocenters. The zero-order valence-electron chi connectivity index (χ0n) is 25.1. The monoisotopic (exact) mass is 879 g/mol. The Balaban J connectivity index is 1.24. The van der Waals surface area contributed by atoms with E-state index in [4.69, 9.17) is 4.98 Å². The minimum Gasteiger partial charge on any atom is -0.361 e. The van der Waals surface area contributed by atoms with Gasteiger partial charge in [-0.05, 0) is 107 Å². The molecule has 9 rings (SSSR count). The molecular formula is C39H25Br4N5. The lowest BCUT2D eigenvalue weighted by Crippen LogP contribution is -2.08. The number of H-pyrrole nitrogens is 4. The fourth-order valence-corrected chi connectivity index (χ4v) is 8.63. The van der Waals surface area contributed by atoms with Gasteiger partial charge in [0.25, 0.3) is 0 Å². The number of nitrogens with one attached hydrogen (secondary N) is 4. The van der Waals surface area contributed by atoms with E-state index in [1.165, 1.54) is 33.0 Å². The van der Waals surface area contributed by atoms with E-state index < -0.39 is 0 Å². The van der Waals surface area contributed by atoms with Crippen molar-refractivity contribution in [2.75, 3.05) is 0 Å². The lowest BCUT2D eigenvalue weighted by Gasteiger charge is -2.20. The van der Waals surface area contributed by atoms with E-state index in [0.717, 1.165) is 62.0 Å². The van der Waals surface area contributed by atoms with Gasteiger partial charge in [-0.2, -0.15) is 0 Å². The molecule has 9 heteroatoms. The first-order valence-electron chi connectivity index (χ1n) is 15.4. The fraction of sp³-hybridized carbons (Fsp3) is 0.0513. The molecule has 5 aromatic heterocycles. The largest absolute Gasteiger partial charge is 0.361 e. The number of halogens is 4. The molecule has 0 radical (unpaired) electrons. The molecule has 0 fully saturated rings. The predicted octanol–water partition coefficient (Wildman–Crippen LogP) is 12.4. The van der Waals surface area contributed by atoms with Crippen molar-refractivity contribution in [3.8, 4) is 0 Å². The first-order chi connectivity index (χ1) is 23.4. The van der Waals surface area contributed by atoms with Crippen LogP contribution in [0, 0.1) is 0 Å². The third kappa shape index (κ3) is 5.10. The van der Waals surface area contributed by atoms with Gasteiger partial charge < -0.3 is 19.9 Å². The third-order valence-electron chi connectivity index (χ3n) is 9.39. The van der Waals surface area contributed by atoms with Crippen LogP contribution in [0.25, 0.3) is 43.6 Å². The molecule has 0 spiro atoms. The van der Waals surface area contributed by atoms with Crippen LogP contribution in [-0.2, 0) is 0 Å². The first kappa shape index (κ1) is 30.2. The van der Waals surface area contributed by atoms with Gasteiger partial charge in [0.2, 0.25) is 0 Å². The number of aromatic amines is 4. The fourth-order valence-electron chi connectivity index (χ4n) is 7.18. The molecule has 5 nitrogen and oxygen atoms in total. The molecule has 0 saturated carbocycles. The Morgan fingerprint density at radius 3 is 1.10 bits per heavy atom. The zero-order valence-corrected chi connectivity index (χ0v) is 31.4. The van der Waals surface area contributed by atoms with E-state index in [0.29, 0.717) is 0 Å². The highest BCUT2D eigenvalue weighted by atomic mass is 79.9. The molecule has 0 aliphatic heterocycles. The molecule has 234 valence electrons. The average Bonchev–Trinajstić information content (AvgIpc) is 3.89. The zero-order chi connectivity index (χ0) is 32.5. The summed E-state index contributed by atoms with van der Waals surface area (Å²) in [6, 6.07) is 30.0. The number of rotatable bonds is 6. The van der Waals surface area contributed by atoms with E-state index >= 15 is 0 Å². The second-order valence-electron chi connectivity index (χ2n) is 12.1. The van der Waals surface area contributed by atoms with Gasteiger partial charge in [0.1, 0.15) is 0 Å². The van der Waals surface area contributed by atoms with E-state index in [2.05, 4.69) is 200 Å². The van der Waals surface area contributed by atoms with Gasteiger partial charge in [0.15, 0.2) is 0 Å². The van der Waals surface area contributed by atoms with Crippen molar-refractivity contribution in [1.29, 1.82) is 0 Å². The summed E-state index contributed by atoms with van der Waals surface area (Å²) in [5, 5.41) is 4.68. The van der Waals surface area contributed by atoms with Crippen LogP contribution in [0.15, 0.2) is 134 Å². The summed E-state index contributed by atoms with van der Waals surface area (Å²) >= 11 is 14.8. The molecule has 4 N–H and O–H groups in total. The molecule has 0 unspecified atom stereocenters. The maximum atomic E-state index is 5.30. The molecule has 4 aromatic carbocycles. The normalized spacial score (nSPS) is 12.1. The van der Waals surface area contributed by atoms with Gasteiger partial charge in [0.05, 0.1) is 11.6 Å². The van der Waals surface area contributed by atoms with Gasteiger partial charge in [-0.3, -0.25) is 4.98 Å². The maximum Gasteiger partial charge on any atom is 0.0555 e. The van der Waals surface area contributed by atoms with Crippen molar-refractivity contribution in [3.63, 3.8) is 0 Å². The van der Waals surface area contributed by atoms with Crippen molar-refractivity contribution in [2.24, 2.45) is 0 Å². The second-order valence-corrected chi connectivity index (χ2v) is 15.8. The van der Waals surface area contributed by atoms with Crippen molar-refractivity contribution in [2.45, 2.75) is 11.8 Å². The van der Waals surface area contributed by atoms with Crippen LogP contribution >= 0.6 is 63.7 Å². The van der Waals surface area contributed by atoms with Crippen molar-refractivity contribution in [3.05, 3.63) is 167 Å². The summed E-state index contributed by atoms with van der Waals surface area (Å²) in [5.41, 5.74) is 11.2. The van der Waals surface area contributed by atoms with E-state index in [9.17, 15) is 0 Å². The molecule has 0 aliphatic rings. The van der Waals surface area contributed by atoms with Gasteiger partial charge in [-0.25, -0.2) is 0 Å². The molecule has 5 heterocycles. The lowest BCUT2D eigenvalue weighted by molar-refractivity contribution is 0.909. The SMILES string of the molecule is Brc1ccc2[nH]cc(C(c3ccc(C(c4c[nH]c5ccc(Br)cc45)c4c[nH]c5ccc(Br)cc45)nc3)c3c[nH]c4ccc(Br)cc34)c2c1. The van der Waals surface area contributed by atoms with Crippen LogP contribution in [0.2, 0.25) is 0 Å². The minimum absolute atomic E-state index is 0.0656. The molecular weight excluding hydrogens is 858 g/mol. The quantitative estimate of drug-likeness (QED) is 0.132. The predicted molar refractivity (Wildman–Crippen MR) is 210 cm³/mol. The Kier molecular flexibility index (Phi) is 7.49. The first-order valence-corrected chi connectivity index (χ1v) is 18.6. The number of aromatic nitrogens is 5. The van der Waals surface area contributed by atoms with Gasteiger partial charge in [-0.1, -0.05) is 69.8 Å².